The van der Waals surface area contributed by atoms with E-state index >= 15 is 0 Å². The minimum absolute atomic E-state index is 0.0346. The Kier molecular flexibility index (Phi) is 5.92. The first-order chi connectivity index (χ1) is 13.2. The molecule has 2 aliphatic rings. The third-order valence-corrected chi connectivity index (χ3v) is 6.85. The van der Waals surface area contributed by atoms with Crippen molar-refractivity contribution in [3.63, 3.8) is 0 Å². The maximum absolute atomic E-state index is 13.0. The SMILES string of the molecule is COc1ccccc1C(=O)N1C[C@@H]2OCCS(=O)(=O)N(CC(=O)N(C)C)[C@@H]2C1. The number of hydrogen-bond donors (Lipinski definition) is 0. The van der Waals surface area contributed by atoms with Gasteiger partial charge in [0, 0.05) is 27.2 Å². The summed E-state index contributed by atoms with van der Waals surface area (Å²) in [5.74, 6) is -0.307. The van der Waals surface area contributed by atoms with E-state index in [1.807, 2.05) is 0 Å². The maximum atomic E-state index is 13.0. The molecule has 3 rings (SSSR count). The predicted octanol–water partition coefficient (Wildman–Crippen LogP) is -0.362. The molecular formula is C18H25N3O6S. The molecule has 28 heavy (non-hydrogen) atoms. The number of carbonyl (C=O) groups is 2. The summed E-state index contributed by atoms with van der Waals surface area (Å²) >= 11 is 0. The van der Waals surface area contributed by atoms with E-state index in [1.54, 1.807) is 43.3 Å². The fourth-order valence-corrected chi connectivity index (χ4v) is 4.94. The number of benzene rings is 1. The molecule has 0 aliphatic carbocycles. The summed E-state index contributed by atoms with van der Waals surface area (Å²) in [6, 6.07) is 6.28. The molecule has 2 amide bonds. The molecule has 0 unspecified atom stereocenters. The minimum atomic E-state index is -3.67. The molecule has 10 heteroatoms. The Hall–Kier alpha value is -2.17. The number of para-hydroxylation sites is 1. The number of carbonyl (C=O) groups excluding carboxylic acids is 2. The van der Waals surface area contributed by atoms with Crippen LogP contribution < -0.4 is 4.74 Å². The summed E-state index contributed by atoms with van der Waals surface area (Å²) in [4.78, 5) is 28.1. The second kappa shape index (κ2) is 8.06. The number of rotatable bonds is 4. The third kappa shape index (κ3) is 3.98. The summed E-state index contributed by atoms with van der Waals surface area (Å²) in [5, 5.41) is 0. The third-order valence-electron chi connectivity index (χ3n) is 5.05. The zero-order valence-corrected chi connectivity index (χ0v) is 17.0. The Morgan fingerprint density at radius 3 is 2.64 bits per heavy atom. The molecule has 1 aromatic carbocycles. The zero-order valence-electron chi connectivity index (χ0n) is 16.2. The van der Waals surface area contributed by atoms with E-state index in [9.17, 15) is 18.0 Å². The van der Waals surface area contributed by atoms with Crippen LogP contribution in [0, 0.1) is 0 Å². The van der Waals surface area contributed by atoms with Crippen molar-refractivity contribution in [3.8, 4) is 5.75 Å². The summed E-state index contributed by atoms with van der Waals surface area (Å²) in [5.41, 5.74) is 0.403. The van der Waals surface area contributed by atoms with Crippen molar-refractivity contribution in [2.75, 3.05) is 53.2 Å². The van der Waals surface area contributed by atoms with Gasteiger partial charge in [0.1, 0.15) is 5.75 Å². The normalized spacial score (nSPS) is 24.3. The van der Waals surface area contributed by atoms with Crippen LogP contribution in [0.3, 0.4) is 0 Å². The number of amides is 2. The molecular weight excluding hydrogens is 386 g/mol. The number of fused-ring (bicyclic) bond motifs is 1. The highest BCUT2D eigenvalue weighted by Gasteiger charge is 2.46. The lowest BCUT2D eigenvalue weighted by Crippen LogP contribution is -2.50. The van der Waals surface area contributed by atoms with Crippen LogP contribution in [0.4, 0.5) is 0 Å². The first-order valence-corrected chi connectivity index (χ1v) is 10.6. The van der Waals surface area contributed by atoms with E-state index in [4.69, 9.17) is 9.47 Å². The molecule has 0 spiro atoms. The fourth-order valence-electron chi connectivity index (χ4n) is 3.47. The van der Waals surface area contributed by atoms with Crippen molar-refractivity contribution >= 4 is 21.8 Å². The average molecular weight is 411 g/mol. The van der Waals surface area contributed by atoms with Crippen LogP contribution in [-0.2, 0) is 19.6 Å². The van der Waals surface area contributed by atoms with Crippen LogP contribution in [-0.4, -0.2) is 99.7 Å². The van der Waals surface area contributed by atoms with Crippen LogP contribution in [0.25, 0.3) is 0 Å². The van der Waals surface area contributed by atoms with Crippen LogP contribution in [0.1, 0.15) is 10.4 Å². The smallest absolute Gasteiger partial charge is 0.257 e. The Balaban J connectivity index is 1.86. The number of nitrogens with zero attached hydrogens (tertiary/aromatic N) is 3. The van der Waals surface area contributed by atoms with E-state index in [0.717, 1.165) is 0 Å². The van der Waals surface area contributed by atoms with Crippen LogP contribution in [0.15, 0.2) is 24.3 Å². The van der Waals surface area contributed by atoms with Crippen molar-refractivity contribution in [1.82, 2.24) is 14.1 Å². The van der Waals surface area contributed by atoms with Gasteiger partial charge in [-0.1, -0.05) is 12.1 Å². The first-order valence-electron chi connectivity index (χ1n) is 8.98. The molecule has 0 saturated carbocycles. The molecule has 2 atom stereocenters. The molecule has 0 aromatic heterocycles. The highest BCUT2D eigenvalue weighted by Crippen LogP contribution is 2.28. The van der Waals surface area contributed by atoms with Gasteiger partial charge in [-0.25, -0.2) is 8.42 Å². The number of sulfonamides is 1. The van der Waals surface area contributed by atoms with E-state index in [1.165, 1.54) is 16.3 Å². The molecule has 2 fully saturated rings. The molecule has 2 saturated heterocycles. The quantitative estimate of drug-likeness (QED) is 0.671. The van der Waals surface area contributed by atoms with Crippen molar-refractivity contribution in [2.45, 2.75) is 12.1 Å². The minimum Gasteiger partial charge on any atom is -0.496 e. The van der Waals surface area contributed by atoms with Gasteiger partial charge in [0.2, 0.25) is 15.9 Å². The predicted molar refractivity (Wildman–Crippen MR) is 102 cm³/mol. The monoisotopic (exact) mass is 411 g/mol. The highest BCUT2D eigenvalue weighted by atomic mass is 32.2. The largest absolute Gasteiger partial charge is 0.496 e. The van der Waals surface area contributed by atoms with Crippen molar-refractivity contribution in [2.24, 2.45) is 0 Å². The van der Waals surface area contributed by atoms with Gasteiger partial charge >= 0.3 is 0 Å². The number of likely N-dealkylation sites (N-methyl/N-ethyl adjacent to an activating group) is 1. The molecule has 2 aliphatic heterocycles. The highest BCUT2D eigenvalue weighted by molar-refractivity contribution is 7.89. The van der Waals surface area contributed by atoms with Gasteiger partial charge in [0.15, 0.2) is 0 Å². The van der Waals surface area contributed by atoms with E-state index in [-0.39, 0.29) is 43.8 Å². The van der Waals surface area contributed by atoms with Gasteiger partial charge < -0.3 is 19.3 Å². The van der Waals surface area contributed by atoms with Gasteiger partial charge in [-0.3, -0.25) is 9.59 Å². The van der Waals surface area contributed by atoms with E-state index < -0.39 is 22.2 Å². The lowest BCUT2D eigenvalue weighted by molar-refractivity contribution is -0.129. The second-order valence-corrected chi connectivity index (χ2v) is 9.08. The van der Waals surface area contributed by atoms with Gasteiger partial charge in [-0.2, -0.15) is 4.31 Å². The standard InChI is InChI=1S/C18H25N3O6S/c1-19(2)17(22)12-21-14-10-20(11-16(14)27-8-9-28(21,24)25)18(23)13-6-4-5-7-15(13)26-3/h4-7,14,16H,8-12H2,1-3H3/t14-,16+/m1/s1. The van der Waals surface area contributed by atoms with Crippen LogP contribution in [0.5, 0.6) is 5.75 Å². The zero-order chi connectivity index (χ0) is 20.5. The average Bonchev–Trinajstić information content (AvgIpc) is 3.03. The Morgan fingerprint density at radius 1 is 1.25 bits per heavy atom. The summed E-state index contributed by atoms with van der Waals surface area (Å²) in [6.45, 7) is 0.175. The molecule has 0 radical (unpaired) electrons. The molecule has 0 bridgehead atoms. The van der Waals surface area contributed by atoms with Crippen molar-refractivity contribution in [3.05, 3.63) is 29.8 Å². The van der Waals surface area contributed by atoms with Gasteiger partial charge in [0.05, 0.1) is 43.7 Å². The summed E-state index contributed by atoms with van der Waals surface area (Å²) in [7, 11) is 0.972. The summed E-state index contributed by atoms with van der Waals surface area (Å²) in [6.07, 6.45) is -0.481. The van der Waals surface area contributed by atoms with Crippen molar-refractivity contribution in [1.29, 1.82) is 0 Å². The molecule has 154 valence electrons. The van der Waals surface area contributed by atoms with Gasteiger partial charge in [-0.05, 0) is 12.1 Å². The molecule has 9 nitrogen and oxygen atoms in total. The lowest BCUT2D eigenvalue weighted by Gasteiger charge is -2.28. The number of ether oxygens (including phenoxy) is 2. The summed E-state index contributed by atoms with van der Waals surface area (Å²) < 4.78 is 37.6. The second-order valence-electron chi connectivity index (χ2n) is 7.04. The van der Waals surface area contributed by atoms with Gasteiger partial charge in [-0.15, -0.1) is 0 Å². The van der Waals surface area contributed by atoms with Crippen LogP contribution in [0.2, 0.25) is 0 Å². The number of hydrogen-bond acceptors (Lipinski definition) is 6. The van der Waals surface area contributed by atoms with Crippen molar-refractivity contribution < 1.29 is 27.5 Å². The Bertz CT molecular complexity index is 857. The Labute approximate surface area is 164 Å². The molecule has 0 N–H and O–H groups in total. The van der Waals surface area contributed by atoms with Gasteiger partial charge in [0.25, 0.3) is 5.91 Å². The number of methoxy groups -OCH3 is 1. The van der Waals surface area contributed by atoms with E-state index in [2.05, 4.69) is 0 Å². The number of likely N-dealkylation sites (tertiary alicyclic amines) is 1. The lowest BCUT2D eigenvalue weighted by atomic mass is 10.2. The maximum Gasteiger partial charge on any atom is 0.257 e. The van der Waals surface area contributed by atoms with Crippen LogP contribution >= 0.6 is 0 Å². The fraction of sp³-hybridized carbons (Fsp3) is 0.556. The first kappa shape index (κ1) is 20.6. The Morgan fingerprint density at radius 2 is 1.96 bits per heavy atom. The molecule has 1 aromatic rings. The molecule has 2 heterocycles. The van der Waals surface area contributed by atoms with E-state index in [0.29, 0.717) is 11.3 Å². The topological polar surface area (TPSA) is 96.5 Å².